The second-order valence-electron chi connectivity index (χ2n) is 20.6. The van der Waals surface area contributed by atoms with Gasteiger partial charge in [-0.2, -0.15) is 0 Å². The maximum atomic E-state index is 7.03. The summed E-state index contributed by atoms with van der Waals surface area (Å²) in [6.45, 7) is 30.9. The molecule has 0 saturated heterocycles. The summed E-state index contributed by atoms with van der Waals surface area (Å²) in [6.07, 6.45) is 0. The molecule has 0 radical (unpaired) electrons. The van der Waals surface area contributed by atoms with Crippen molar-refractivity contribution in [2.45, 2.75) is 118 Å². The molecule has 0 unspecified atom stereocenters. The second kappa shape index (κ2) is 19.1. The Kier molecular flexibility index (Phi) is 14.5. The van der Waals surface area contributed by atoms with Crippen LogP contribution in [0.15, 0.2) is 146 Å². The molecule has 0 amide bonds. The molecular weight excluding hydrogens is 835 g/mol. The Balaban J connectivity index is 1.41. The van der Waals surface area contributed by atoms with Crippen molar-refractivity contribution in [1.29, 1.82) is 0 Å². The third-order valence-corrected chi connectivity index (χ3v) is 16.5. The van der Waals surface area contributed by atoms with Gasteiger partial charge >= 0.3 is 17.2 Å². The van der Waals surface area contributed by atoms with Gasteiger partial charge in [0.05, 0.1) is 0 Å². The molecule has 0 aliphatic rings. The molecular formula is C54H66O6P2Si. The molecule has 0 saturated carbocycles. The van der Waals surface area contributed by atoms with Crippen molar-refractivity contribution in [1.82, 2.24) is 0 Å². The SMILES string of the molecule is CC(C)(C)c1ccccc1OP(Oc1ccccc1C(C)(C)C)Oc1ccccc1[Si](C)(C)c1ccccc1OP(Oc1ccccc1C(C)(C)C)Oc1ccccc1C(C)(C)C. The zero-order valence-electron chi connectivity index (χ0n) is 39.7. The zero-order chi connectivity index (χ0) is 45.8. The Morgan fingerprint density at radius 1 is 0.286 bits per heavy atom. The van der Waals surface area contributed by atoms with Gasteiger partial charge in [-0.25, -0.2) is 0 Å². The standard InChI is InChI=1S/C54H66O6P2Si/c1-51(2,3)39-27-15-19-31-43(39)55-61(56-44-32-20-16-28-40(44)52(4,5)6)59-47-35-23-25-37-49(47)63(13,14)50-38-26-24-36-48(50)60-62(57-45-33-21-17-29-41(45)53(7,8)9)58-46-34-22-18-30-42(46)54(10,11)12/h15-38H,1-14H3. The molecule has 6 nitrogen and oxygen atoms in total. The van der Waals surface area contributed by atoms with Gasteiger partial charge in [-0.1, -0.05) is 205 Å². The molecule has 0 atom stereocenters. The van der Waals surface area contributed by atoms with Crippen LogP contribution in [0.25, 0.3) is 0 Å². The summed E-state index contributed by atoms with van der Waals surface area (Å²) in [5.41, 5.74) is 3.58. The predicted molar refractivity (Wildman–Crippen MR) is 268 cm³/mol. The minimum atomic E-state index is -2.66. The molecule has 0 heterocycles. The monoisotopic (exact) mass is 900 g/mol. The average Bonchev–Trinajstić information content (AvgIpc) is 3.20. The van der Waals surface area contributed by atoms with E-state index in [0.717, 1.165) is 55.6 Å². The topological polar surface area (TPSA) is 55.4 Å². The minimum Gasteiger partial charge on any atom is -0.409 e. The van der Waals surface area contributed by atoms with Gasteiger partial charge in [0, 0.05) is 22.3 Å². The van der Waals surface area contributed by atoms with Crippen molar-refractivity contribution in [3.63, 3.8) is 0 Å². The van der Waals surface area contributed by atoms with Crippen molar-refractivity contribution >= 4 is 35.7 Å². The fraction of sp³-hybridized carbons (Fsp3) is 0.333. The highest BCUT2D eigenvalue weighted by molar-refractivity contribution is 7.43. The molecule has 63 heavy (non-hydrogen) atoms. The molecule has 0 aliphatic heterocycles. The molecule has 332 valence electrons. The smallest absolute Gasteiger partial charge is 0.409 e. The molecule has 9 heteroatoms. The first-order valence-corrected chi connectivity index (χ1v) is 27.0. The quantitative estimate of drug-likeness (QED) is 0.0802. The van der Waals surface area contributed by atoms with Crippen LogP contribution in [-0.4, -0.2) is 8.07 Å². The highest BCUT2D eigenvalue weighted by atomic mass is 31.2. The summed E-state index contributed by atoms with van der Waals surface area (Å²) in [4.78, 5) is 0. The average molecular weight is 901 g/mol. The summed E-state index contributed by atoms with van der Waals surface area (Å²) >= 11 is 0. The van der Waals surface area contributed by atoms with Gasteiger partial charge in [0.15, 0.2) is 0 Å². The molecule has 6 aromatic rings. The molecule has 0 aliphatic carbocycles. The largest absolute Gasteiger partial charge is 0.530 e. The highest BCUT2D eigenvalue weighted by Gasteiger charge is 2.37. The van der Waals surface area contributed by atoms with Crippen LogP contribution in [0.2, 0.25) is 13.1 Å². The summed E-state index contributed by atoms with van der Waals surface area (Å²) < 4.78 is 41.5. The van der Waals surface area contributed by atoms with E-state index >= 15 is 0 Å². The van der Waals surface area contributed by atoms with Crippen LogP contribution in [-0.2, 0) is 21.7 Å². The van der Waals surface area contributed by atoms with Crippen LogP contribution in [0, 0.1) is 0 Å². The summed E-state index contributed by atoms with van der Waals surface area (Å²) in [5.74, 6) is 4.31. The lowest BCUT2D eigenvalue weighted by atomic mass is 9.86. The van der Waals surface area contributed by atoms with Crippen LogP contribution >= 0.6 is 17.2 Å². The maximum absolute atomic E-state index is 7.03. The van der Waals surface area contributed by atoms with Crippen LogP contribution in [0.5, 0.6) is 34.5 Å². The fourth-order valence-corrected chi connectivity index (χ4v) is 12.7. The van der Waals surface area contributed by atoms with Crippen LogP contribution < -0.4 is 37.5 Å². The summed E-state index contributed by atoms with van der Waals surface area (Å²) in [7, 11) is -6.66. The molecule has 0 fully saturated rings. The number of benzene rings is 6. The zero-order valence-corrected chi connectivity index (χ0v) is 42.5. The Hall–Kier alpha value is -4.80. The number of hydrogen-bond donors (Lipinski definition) is 0. The third-order valence-electron chi connectivity index (χ3n) is 10.9. The van der Waals surface area contributed by atoms with Crippen LogP contribution in [0.1, 0.15) is 105 Å². The molecule has 0 bridgehead atoms. The van der Waals surface area contributed by atoms with E-state index in [4.69, 9.17) is 27.1 Å². The maximum Gasteiger partial charge on any atom is 0.530 e. The van der Waals surface area contributed by atoms with E-state index in [1.54, 1.807) is 0 Å². The molecule has 0 aromatic heterocycles. The second-order valence-corrected chi connectivity index (χ2v) is 26.9. The lowest BCUT2D eigenvalue weighted by Crippen LogP contribution is -2.53. The van der Waals surface area contributed by atoms with Crippen molar-refractivity contribution in [3.05, 3.63) is 168 Å². The highest BCUT2D eigenvalue weighted by Crippen LogP contribution is 2.49. The normalized spacial score (nSPS) is 12.6. The number of hydrogen-bond acceptors (Lipinski definition) is 6. The van der Waals surface area contributed by atoms with Crippen molar-refractivity contribution < 1.29 is 27.1 Å². The number of rotatable bonds is 14. The van der Waals surface area contributed by atoms with Gasteiger partial charge in [-0.15, -0.1) is 0 Å². The Morgan fingerprint density at radius 2 is 0.476 bits per heavy atom. The molecule has 6 rings (SSSR count). The fourth-order valence-electron chi connectivity index (χ4n) is 7.53. The Labute approximate surface area is 381 Å². The molecule has 6 aromatic carbocycles. The van der Waals surface area contributed by atoms with E-state index in [1.807, 2.05) is 97.1 Å². The molecule has 0 N–H and O–H groups in total. The van der Waals surface area contributed by atoms with E-state index in [-0.39, 0.29) is 21.7 Å². The van der Waals surface area contributed by atoms with E-state index in [0.29, 0.717) is 11.5 Å². The molecule has 0 spiro atoms. The summed E-state index contributed by atoms with van der Waals surface area (Å²) in [6, 6.07) is 49.1. The van der Waals surface area contributed by atoms with Crippen molar-refractivity contribution in [2.24, 2.45) is 0 Å². The first-order chi connectivity index (χ1) is 29.5. The lowest BCUT2D eigenvalue weighted by Gasteiger charge is -2.31. The predicted octanol–water partition coefficient (Wildman–Crippen LogP) is 15.2. The van der Waals surface area contributed by atoms with Gasteiger partial charge in [0.2, 0.25) is 0 Å². The Morgan fingerprint density at radius 3 is 0.714 bits per heavy atom. The summed E-state index contributed by atoms with van der Waals surface area (Å²) in [5, 5.41) is 2.13. The van der Waals surface area contributed by atoms with Gasteiger partial charge in [0.25, 0.3) is 0 Å². The van der Waals surface area contributed by atoms with E-state index in [9.17, 15) is 0 Å². The first-order valence-electron chi connectivity index (χ1n) is 21.8. The van der Waals surface area contributed by atoms with Gasteiger partial charge < -0.3 is 27.1 Å². The van der Waals surface area contributed by atoms with E-state index < -0.39 is 25.3 Å². The number of para-hydroxylation sites is 6. The van der Waals surface area contributed by atoms with Crippen LogP contribution in [0.4, 0.5) is 0 Å². The Bertz CT molecular complexity index is 2180. The lowest BCUT2D eigenvalue weighted by molar-refractivity contribution is 0.377. The van der Waals surface area contributed by atoms with E-state index in [1.165, 1.54) is 0 Å². The van der Waals surface area contributed by atoms with Gasteiger partial charge in [-0.3, -0.25) is 0 Å². The first kappa shape index (κ1) is 47.7. The van der Waals surface area contributed by atoms with Crippen LogP contribution in [0.3, 0.4) is 0 Å². The minimum absolute atomic E-state index is 0.173. The van der Waals surface area contributed by atoms with Crippen molar-refractivity contribution in [2.75, 3.05) is 0 Å². The van der Waals surface area contributed by atoms with E-state index in [2.05, 4.69) is 145 Å². The van der Waals surface area contributed by atoms with Crippen molar-refractivity contribution in [3.8, 4) is 34.5 Å². The van der Waals surface area contributed by atoms with Gasteiger partial charge in [-0.05, 0) is 68.4 Å². The third kappa shape index (κ3) is 11.9. The van der Waals surface area contributed by atoms with Gasteiger partial charge in [0.1, 0.15) is 42.6 Å².